The Kier molecular flexibility index (Phi) is 12.0. The van der Waals surface area contributed by atoms with Gasteiger partial charge in [0, 0.05) is 0 Å². The monoisotopic (exact) mass is 486 g/mol. The molecule has 0 bridgehead atoms. The van der Waals surface area contributed by atoms with E-state index < -0.39 is 8.80 Å². The van der Waals surface area contributed by atoms with Crippen molar-refractivity contribution in [2.24, 2.45) is 0 Å². The molecule has 2 aromatic rings. The molecule has 0 aliphatic heterocycles. The van der Waals surface area contributed by atoms with E-state index in [1.54, 1.807) is 16.3 Å². The predicted molar refractivity (Wildman–Crippen MR) is 109 cm³/mol. The second-order valence-electron chi connectivity index (χ2n) is 7.69. The number of rotatable bonds is 6. The number of aryl methyl sites for hydroxylation is 2. The summed E-state index contributed by atoms with van der Waals surface area (Å²) < 4.78 is 0.241. The van der Waals surface area contributed by atoms with Crippen LogP contribution in [0.15, 0.2) is 48.0 Å². The number of benzene rings is 2. The van der Waals surface area contributed by atoms with Crippen LogP contribution in [-0.2, 0) is 23.8 Å². The van der Waals surface area contributed by atoms with Crippen LogP contribution in [0, 0.1) is 13.8 Å². The molecule has 5 heteroatoms. The molecular formula is C23H29Cl3SiTi. The van der Waals surface area contributed by atoms with Gasteiger partial charge in [-0.1, -0.05) is 0 Å². The van der Waals surface area contributed by atoms with Gasteiger partial charge in [0.25, 0.3) is 0 Å². The van der Waals surface area contributed by atoms with Gasteiger partial charge in [-0.2, -0.15) is 0 Å². The molecular weight excluding hydrogens is 459 g/mol. The van der Waals surface area contributed by atoms with Crippen LogP contribution in [0.1, 0.15) is 55.4 Å². The molecule has 0 spiro atoms. The SMILES string of the molecule is CCCCC[SiH](c1cc(C)cc(C)c1)[C]1([Ti+3])C(C)=Cc2ccccc21.[Cl-].[Cl-].[Cl-]. The zero-order valence-corrected chi connectivity index (χ0v) is 22.1. The van der Waals surface area contributed by atoms with E-state index >= 15 is 0 Å². The first-order valence-electron chi connectivity index (χ1n) is 9.58. The first kappa shape index (κ1) is 28.0. The number of hydrogen-bond donors (Lipinski definition) is 0. The fraction of sp³-hybridized carbons (Fsp3) is 0.391. The van der Waals surface area contributed by atoms with Crippen molar-refractivity contribution in [2.45, 2.75) is 56.3 Å². The molecule has 3 rings (SSSR count). The summed E-state index contributed by atoms with van der Waals surface area (Å²) in [5.41, 5.74) is 7.42. The summed E-state index contributed by atoms with van der Waals surface area (Å²) >= 11 is 2.53. The first-order chi connectivity index (χ1) is 12.0. The van der Waals surface area contributed by atoms with Gasteiger partial charge < -0.3 is 37.2 Å². The molecule has 1 aliphatic carbocycles. The van der Waals surface area contributed by atoms with Crippen molar-refractivity contribution in [3.05, 3.63) is 70.3 Å². The third-order valence-electron chi connectivity index (χ3n) is 5.65. The molecule has 0 saturated heterocycles. The molecule has 0 heterocycles. The minimum absolute atomic E-state index is 0. The molecule has 0 aromatic heterocycles. The number of hydrogen-bond acceptors (Lipinski definition) is 0. The van der Waals surface area contributed by atoms with Crippen LogP contribution in [0.2, 0.25) is 6.04 Å². The topological polar surface area (TPSA) is 0 Å². The van der Waals surface area contributed by atoms with Crippen molar-refractivity contribution in [3.8, 4) is 0 Å². The largest absolute Gasteiger partial charge is 1.00 e. The van der Waals surface area contributed by atoms with Crippen molar-refractivity contribution < 1.29 is 57.7 Å². The Balaban J connectivity index is 0.00000243. The fourth-order valence-corrected chi connectivity index (χ4v) is 10.5. The molecule has 0 fully saturated rings. The molecule has 0 nitrogen and oxygen atoms in total. The molecule has 0 saturated carbocycles. The molecule has 0 radical (unpaired) electrons. The maximum Gasteiger partial charge on any atom is -1.00 e. The Morgan fingerprint density at radius 3 is 2.11 bits per heavy atom. The Hall–Kier alpha value is -0.0188. The van der Waals surface area contributed by atoms with E-state index in [9.17, 15) is 0 Å². The number of halogens is 3. The molecule has 1 aliphatic rings. The van der Waals surface area contributed by atoms with Crippen LogP contribution in [-0.4, -0.2) is 8.80 Å². The molecule has 0 N–H and O–H groups in total. The zero-order chi connectivity index (χ0) is 18.0. The van der Waals surface area contributed by atoms with Crippen LogP contribution >= 0.6 is 0 Å². The van der Waals surface area contributed by atoms with Crippen molar-refractivity contribution in [1.82, 2.24) is 0 Å². The van der Waals surface area contributed by atoms with E-state index in [2.05, 4.69) is 96.7 Å². The van der Waals surface area contributed by atoms with Crippen molar-refractivity contribution >= 4 is 20.1 Å². The quantitative estimate of drug-likeness (QED) is 0.291. The Morgan fingerprint density at radius 1 is 0.893 bits per heavy atom. The Bertz CT molecular complexity index is 786. The number of allylic oxidation sites excluding steroid dienone is 1. The van der Waals surface area contributed by atoms with Gasteiger partial charge in [0.1, 0.15) is 0 Å². The Labute approximate surface area is 203 Å². The van der Waals surface area contributed by atoms with E-state index in [4.69, 9.17) is 0 Å². The smallest absolute Gasteiger partial charge is 1.00 e. The van der Waals surface area contributed by atoms with E-state index in [0.29, 0.717) is 0 Å². The Morgan fingerprint density at radius 2 is 1.50 bits per heavy atom. The summed E-state index contributed by atoms with van der Waals surface area (Å²) in [6, 6.07) is 17.8. The van der Waals surface area contributed by atoms with Crippen molar-refractivity contribution in [3.63, 3.8) is 0 Å². The second kappa shape index (κ2) is 12.0. The van der Waals surface area contributed by atoms with Gasteiger partial charge in [-0.05, 0) is 0 Å². The summed E-state index contributed by atoms with van der Waals surface area (Å²) in [6.45, 7) is 9.18. The van der Waals surface area contributed by atoms with Gasteiger partial charge >= 0.3 is 167 Å². The van der Waals surface area contributed by atoms with Crippen molar-refractivity contribution in [2.75, 3.05) is 0 Å². The summed E-state index contributed by atoms with van der Waals surface area (Å²) in [5.74, 6) is 0. The van der Waals surface area contributed by atoms with Crippen LogP contribution in [0.25, 0.3) is 6.08 Å². The normalized spacial score (nSPS) is 18.1. The van der Waals surface area contributed by atoms with Gasteiger partial charge in [-0.25, -0.2) is 0 Å². The maximum absolute atomic E-state index is 2.53. The van der Waals surface area contributed by atoms with E-state index in [1.807, 2.05) is 0 Å². The van der Waals surface area contributed by atoms with E-state index in [0.717, 1.165) is 0 Å². The van der Waals surface area contributed by atoms with Crippen LogP contribution in [0.3, 0.4) is 0 Å². The number of unbranched alkanes of at least 4 members (excludes halogenated alkanes) is 2. The van der Waals surface area contributed by atoms with Crippen LogP contribution in [0.4, 0.5) is 0 Å². The van der Waals surface area contributed by atoms with Gasteiger partial charge in [0.2, 0.25) is 0 Å². The zero-order valence-electron chi connectivity index (χ0n) is 17.2. The van der Waals surface area contributed by atoms with E-state index in [1.165, 1.54) is 42.0 Å². The van der Waals surface area contributed by atoms with Crippen molar-refractivity contribution in [1.29, 1.82) is 0 Å². The average Bonchev–Trinajstić information content (AvgIpc) is 2.82. The molecule has 2 aromatic carbocycles. The minimum Gasteiger partial charge on any atom is -1.00 e. The summed E-state index contributed by atoms with van der Waals surface area (Å²) in [4.78, 5) is 0. The molecule has 2 unspecified atom stereocenters. The minimum atomic E-state index is -1.21. The average molecular weight is 488 g/mol. The standard InChI is InChI=1S/C23H29Si.3ClH.Ti/c1-5-6-9-12-24(21-14-17(2)13-18(3)15-21)23-19(4)16-20-10-7-8-11-22(20)23;;;;/h7-8,10-11,13-16,24H,5-6,9,12H2,1-4H3;3*1H;/q;;;;+3/p-3. The maximum atomic E-state index is 2.53. The molecule has 28 heavy (non-hydrogen) atoms. The third kappa shape index (κ3) is 5.56. The summed E-state index contributed by atoms with van der Waals surface area (Å²) in [5, 5.41) is 1.65. The third-order valence-corrected chi connectivity index (χ3v) is 12.2. The second-order valence-corrected chi connectivity index (χ2v) is 13.0. The number of fused-ring (bicyclic) bond motifs is 1. The van der Waals surface area contributed by atoms with Crippen LogP contribution < -0.4 is 42.4 Å². The van der Waals surface area contributed by atoms with Gasteiger partial charge in [-0.3, -0.25) is 0 Å². The van der Waals surface area contributed by atoms with E-state index in [-0.39, 0.29) is 40.6 Å². The molecule has 2 atom stereocenters. The van der Waals surface area contributed by atoms with Gasteiger partial charge in [-0.15, -0.1) is 0 Å². The first-order valence-corrected chi connectivity index (χ1v) is 12.3. The fourth-order valence-electron chi connectivity index (χ4n) is 4.45. The van der Waals surface area contributed by atoms with Gasteiger partial charge in [0.05, 0.1) is 0 Å². The molecule has 0 amide bonds. The molecule has 150 valence electrons. The summed E-state index contributed by atoms with van der Waals surface area (Å²) in [7, 11) is -1.21. The summed E-state index contributed by atoms with van der Waals surface area (Å²) in [6.07, 6.45) is 6.47. The predicted octanol–water partition coefficient (Wildman–Crippen LogP) is -3.66. The van der Waals surface area contributed by atoms with Gasteiger partial charge in [0.15, 0.2) is 0 Å². The van der Waals surface area contributed by atoms with Crippen LogP contribution in [0.5, 0.6) is 0 Å².